The molecule has 0 aromatic carbocycles. The van der Waals surface area contributed by atoms with E-state index in [-0.39, 0.29) is 17.4 Å². The van der Waals surface area contributed by atoms with E-state index in [0.29, 0.717) is 5.92 Å². The molecule has 1 saturated carbocycles. The van der Waals surface area contributed by atoms with Crippen LogP contribution < -0.4 is 0 Å². The molecule has 2 bridgehead atoms. The number of rotatable bonds is 1. The summed E-state index contributed by atoms with van der Waals surface area (Å²) in [5.41, 5.74) is -1.32. The van der Waals surface area contributed by atoms with Crippen LogP contribution in [0.5, 0.6) is 0 Å². The minimum Gasteiger partial charge on any atom is -0.390 e. The van der Waals surface area contributed by atoms with Crippen LogP contribution in [0.15, 0.2) is 0 Å². The fourth-order valence-electron chi connectivity index (χ4n) is 4.97. The molecule has 1 aliphatic carbocycles. The molecule has 3 rings (SSSR count). The van der Waals surface area contributed by atoms with Crippen molar-refractivity contribution in [2.45, 2.75) is 76.3 Å². The summed E-state index contributed by atoms with van der Waals surface area (Å²) in [4.78, 5) is 0. The highest BCUT2D eigenvalue weighted by molar-refractivity contribution is 5.17. The Kier molecular flexibility index (Phi) is 2.51. The van der Waals surface area contributed by atoms with Crippen LogP contribution in [-0.4, -0.2) is 33.1 Å². The van der Waals surface area contributed by atoms with Gasteiger partial charge in [0.25, 0.3) is 0 Å². The normalized spacial score (nSPS) is 59.2. The molecule has 3 nitrogen and oxygen atoms in total. The van der Waals surface area contributed by atoms with Crippen LogP contribution in [0.1, 0.15) is 53.4 Å². The molecule has 6 atom stereocenters. The highest BCUT2D eigenvalue weighted by Gasteiger charge is 2.68. The molecule has 0 amide bonds. The van der Waals surface area contributed by atoms with Gasteiger partial charge in [0.05, 0.1) is 22.9 Å². The summed E-state index contributed by atoms with van der Waals surface area (Å²) >= 11 is 0. The van der Waals surface area contributed by atoms with Crippen LogP contribution in [0.2, 0.25) is 0 Å². The van der Waals surface area contributed by atoms with Gasteiger partial charge in [0, 0.05) is 5.92 Å². The molecule has 18 heavy (non-hydrogen) atoms. The Morgan fingerprint density at radius 2 is 1.83 bits per heavy atom. The Morgan fingerprint density at radius 1 is 1.17 bits per heavy atom. The fraction of sp³-hybridized carbons (Fsp3) is 1.00. The van der Waals surface area contributed by atoms with E-state index >= 15 is 0 Å². The second-order valence-electron chi connectivity index (χ2n) is 7.50. The fourth-order valence-corrected chi connectivity index (χ4v) is 4.97. The van der Waals surface area contributed by atoms with Gasteiger partial charge in [-0.1, -0.05) is 13.8 Å². The first-order valence-corrected chi connectivity index (χ1v) is 7.34. The van der Waals surface area contributed by atoms with Crippen molar-refractivity contribution in [3.63, 3.8) is 0 Å². The van der Waals surface area contributed by atoms with Gasteiger partial charge in [-0.3, -0.25) is 0 Å². The molecule has 104 valence electrons. The van der Waals surface area contributed by atoms with E-state index in [1.165, 1.54) is 0 Å². The quantitative estimate of drug-likeness (QED) is 0.753. The third-order valence-electron chi connectivity index (χ3n) is 6.15. The van der Waals surface area contributed by atoms with Gasteiger partial charge in [-0.05, 0) is 51.4 Å². The van der Waals surface area contributed by atoms with Crippen molar-refractivity contribution in [1.29, 1.82) is 0 Å². The predicted octanol–water partition coefficient (Wildman–Crippen LogP) is 2.10. The van der Waals surface area contributed by atoms with E-state index < -0.39 is 17.3 Å². The number of hydrogen-bond acceptors (Lipinski definition) is 3. The lowest BCUT2D eigenvalue weighted by atomic mass is 9.68. The van der Waals surface area contributed by atoms with Gasteiger partial charge in [0.1, 0.15) is 0 Å². The number of ether oxygens (including phenoxy) is 1. The van der Waals surface area contributed by atoms with Crippen molar-refractivity contribution in [3.05, 3.63) is 0 Å². The van der Waals surface area contributed by atoms with E-state index in [0.717, 1.165) is 25.7 Å². The minimum atomic E-state index is -0.737. The van der Waals surface area contributed by atoms with E-state index in [4.69, 9.17) is 4.74 Å². The van der Waals surface area contributed by atoms with Crippen LogP contribution in [-0.2, 0) is 4.74 Å². The summed E-state index contributed by atoms with van der Waals surface area (Å²) in [5, 5.41) is 21.5. The van der Waals surface area contributed by atoms with Crippen LogP contribution in [0.25, 0.3) is 0 Å². The third kappa shape index (κ3) is 1.36. The minimum absolute atomic E-state index is 0.0267. The van der Waals surface area contributed by atoms with Gasteiger partial charge in [0.15, 0.2) is 0 Å². The van der Waals surface area contributed by atoms with Crippen LogP contribution in [0.4, 0.5) is 0 Å². The van der Waals surface area contributed by atoms with Crippen molar-refractivity contribution >= 4 is 0 Å². The molecule has 2 heterocycles. The zero-order valence-electron chi connectivity index (χ0n) is 11.9. The van der Waals surface area contributed by atoms with Gasteiger partial charge in [-0.25, -0.2) is 0 Å². The summed E-state index contributed by atoms with van der Waals surface area (Å²) in [7, 11) is 0. The van der Waals surface area contributed by atoms with Crippen molar-refractivity contribution < 1.29 is 14.9 Å². The number of hydrogen-bond donors (Lipinski definition) is 2. The Hall–Kier alpha value is -0.120. The van der Waals surface area contributed by atoms with Gasteiger partial charge < -0.3 is 14.9 Å². The first kappa shape index (κ1) is 12.9. The molecule has 0 aromatic rings. The maximum absolute atomic E-state index is 10.9. The number of fused-ring (bicyclic) bond motifs is 4. The van der Waals surface area contributed by atoms with Crippen LogP contribution in [0, 0.1) is 17.8 Å². The zero-order chi connectivity index (χ0) is 13.3. The first-order chi connectivity index (χ1) is 8.23. The van der Waals surface area contributed by atoms with Crippen molar-refractivity contribution in [1.82, 2.24) is 0 Å². The van der Waals surface area contributed by atoms with Crippen molar-refractivity contribution in [2.75, 3.05) is 0 Å². The summed E-state index contributed by atoms with van der Waals surface area (Å²) in [6.45, 7) is 8.32. The molecule has 0 radical (unpaired) electrons. The van der Waals surface area contributed by atoms with Gasteiger partial charge in [0.2, 0.25) is 0 Å². The van der Waals surface area contributed by atoms with Crippen molar-refractivity contribution in [3.8, 4) is 0 Å². The molecule has 3 unspecified atom stereocenters. The summed E-state index contributed by atoms with van der Waals surface area (Å²) in [6, 6.07) is 0. The molecular formula is C15H26O3. The number of aliphatic hydroxyl groups is 2. The standard InChI is InChI=1S/C15H26O3/c1-9(2)15-8-7-14(4,18-15)10-5-6-13(3,17)11(10)12(15)16/h9-12,16-17H,5-8H2,1-4H3/t10-,11-,12?,13+,14?,15?/m0/s1. The highest BCUT2D eigenvalue weighted by Crippen LogP contribution is 2.62. The summed E-state index contributed by atoms with van der Waals surface area (Å²) < 4.78 is 6.39. The largest absolute Gasteiger partial charge is 0.390 e. The first-order valence-electron chi connectivity index (χ1n) is 7.34. The van der Waals surface area contributed by atoms with Gasteiger partial charge in [-0.15, -0.1) is 0 Å². The van der Waals surface area contributed by atoms with E-state index in [2.05, 4.69) is 20.8 Å². The Morgan fingerprint density at radius 3 is 2.44 bits per heavy atom. The van der Waals surface area contributed by atoms with E-state index in [1.54, 1.807) is 0 Å². The second-order valence-corrected chi connectivity index (χ2v) is 7.50. The Balaban J connectivity index is 2.06. The number of aliphatic hydroxyl groups excluding tert-OH is 1. The lowest BCUT2D eigenvalue weighted by Crippen LogP contribution is -2.62. The lowest BCUT2D eigenvalue weighted by molar-refractivity contribution is -0.264. The maximum Gasteiger partial charge on any atom is 0.0975 e. The molecule has 3 heteroatoms. The summed E-state index contributed by atoms with van der Waals surface area (Å²) in [6.07, 6.45) is 3.16. The topological polar surface area (TPSA) is 49.7 Å². The molecular weight excluding hydrogens is 228 g/mol. The molecule has 0 spiro atoms. The average molecular weight is 254 g/mol. The highest BCUT2D eigenvalue weighted by atomic mass is 16.5. The SMILES string of the molecule is CC(C)C12CCC(C)(O1)[C@H]1CC[C@@](C)(O)[C@@H]1C2O. The smallest absolute Gasteiger partial charge is 0.0975 e. The lowest BCUT2D eigenvalue weighted by Gasteiger charge is -2.53. The second kappa shape index (κ2) is 3.50. The van der Waals surface area contributed by atoms with Gasteiger partial charge in [-0.2, -0.15) is 0 Å². The molecule has 2 N–H and O–H groups in total. The third-order valence-corrected chi connectivity index (χ3v) is 6.15. The van der Waals surface area contributed by atoms with E-state index in [9.17, 15) is 10.2 Å². The molecule has 3 aliphatic rings. The molecule has 3 fully saturated rings. The van der Waals surface area contributed by atoms with Crippen molar-refractivity contribution in [2.24, 2.45) is 17.8 Å². The molecule has 2 aliphatic heterocycles. The van der Waals surface area contributed by atoms with Crippen LogP contribution in [0.3, 0.4) is 0 Å². The van der Waals surface area contributed by atoms with E-state index in [1.807, 2.05) is 6.92 Å². The summed E-state index contributed by atoms with van der Waals surface area (Å²) in [5.74, 6) is 0.560. The Labute approximate surface area is 110 Å². The van der Waals surface area contributed by atoms with Gasteiger partial charge >= 0.3 is 0 Å². The van der Waals surface area contributed by atoms with Crippen LogP contribution >= 0.6 is 0 Å². The monoisotopic (exact) mass is 254 g/mol. The maximum atomic E-state index is 10.9. The Bertz CT molecular complexity index is 365. The predicted molar refractivity (Wildman–Crippen MR) is 69.1 cm³/mol. The molecule has 2 saturated heterocycles. The molecule has 0 aromatic heterocycles. The zero-order valence-corrected chi connectivity index (χ0v) is 11.9. The average Bonchev–Trinajstić information content (AvgIpc) is 2.75.